The van der Waals surface area contributed by atoms with Crippen molar-refractivity contribution in [2.45, 2.75) is 4.90 Å². The first-order valence-electron chi connectivity index (χ1n) is 6.10. The SMILES string of the molecule is CN(C)S(=O)(=O)c1ccc(N2CCNCC2)c(Cl)c1. The molecule has 1 fully saturated rings. The summed E-state index contributed by atoms with van der Waals surface area (Å²) in [5.74, 6) is 0. The minimum atomic E-state index is -3.43. The zero-order chi connectivity index (χ0) is 14.0. The summed E-state index contributed by atoms with van der Waals surface area (Å²) in [6, 6.07) is 4.91. The average Bonchev–Trinajstić information content (AvgIpc) is 2.39. The first-order chi connectivity index (χ1) is 8.93. The van der Waals surface area contributed by atoms with E-state index in [1.807, 2.05) is 0 Å². The summed E-state index contributed by atoms with van der Waals surface area (Å²) in [4.78, 5) is 2.38. The predicted molar refractivity (Wildman–Crippen MR) is 77.4 cm³/mol. The second-order valence-corrected chi connectivity index (χ2v) is 7.20. The first kappa shape index (κ1) is 14.6. The molecular formula is C12H18ClN3O2S. The van der Waals surface area contributed by atoms with Crippen molar-refractivity contribution in [2.24, 2.45) is 0 Å². The zero-order valence-corrected chi connectivity index (χ0v) is 12.6. The maximum absolute atomic E-state index is 12.0. The third-order valence-corrected chi connectivity index (χ3v) is 5.27. The van der Waals surface area contributed by atoms with Crippen LogP contribution in [-0.4, -0.2) is 53.0 Å². The Morgan fingerprint density at radius 3 is 2.42 bits per heavy atom. The van der Waals surface area contributed by atoms with Crippen LogP contribution in [0.1, 0.15) is 0 Å². The second-order valence-electron chi connectivity index (χ2n) is 4.64. The van der Waals surface area contributed by atoms with E-state index in [0.717, 1.165) is 31.9 Å². The topological polar surface area (TPSA) is 52.7 Å². The lowest BCUT2D eigenvalue weighted by Gasteiger charge is -2.30. The molecule has 0 aliphatic carbocycles. The largest absolute Gasteiger partial charge is 0.368 e. The smallest absolute Gasteiger partial charge is 0.242 e. The van der Waals surface area contributed by atoms with E-state index < -0.39 is 10.0 Å². The molecule has 0 amide bonds. The van der Waals surface area contributed by atoms with Crippen LogP contribution >= 0.6 is 11.6 Å². The zero-order valence-electron chi connectivity index (χ0n) is 11.1. The van der Waals surface area contributed by atoms with Crippen molar-refractivity contribution in [1.29, 1.82) is 0 Å². The van der Waals surface area contributed by atoms with Crippen LogP contribution in [0.15, 0.2) is 23.1 Å². The summed E-state index contributed by atoms with van der Waals surface area (Å²) in [5.41, 5.74) is 0.890. The van der Waals surface area contributed by atoms with Gasteiger partial charge in [-0.05, 0) is 18.2 Å². The third kappa shape index (κ3) is 3.02. The van der Waals surface area contributed by atoms with Gasteiger partial charge in [0.1, 0.15) is 0 Å². The van der Waals surface area contributed by atoms with Crippen LogP contribution in [0.3, 0.4) is 0 Å². The molecule has 106 valence electrons. The van der Waals surface area contributed by atoms with Gasteiger partial charge in [0, 0.05) is 40.3 Å². The molecule has 5 nitrogen and oxygen atoms in total. The lowest BCUT2D eigenvalue weighted by atomic mass is 10.2. The Kier molecular flexibility index (Phi) is 4.35. The average molecular weight is 304 g/mol. The lowest BCUT2D eigenvalue weighted by molar-refractivity contribution is 0.520. The number of nitrogens with one attached hydrogen (secondary N) is 1. The maximum atomic E-state index is 12.0. The van der Waals surface area contributed by atoms with E-state index >= 15 is 0 Å². The van der Waals surface area contributed by atoms with Crippen molar-refractivity contribution in [3.8, 4) is 0 Å². The van der Waals surface area contributed by atoms with Crippen molar-refractivity contribution in [1.82, 2.24) is 9.62 Å². The van der Waals surface area contributed by atoms with Gasteiger partial charge in [0.25, 0.3) is 0 Å². The Bertz CT molecular complexity index is 554. The molecule has 19 heavy (non-hydrogen) atoms. The molecule has 0 aromatic heterocycles. The number of hydrogen-bond acceptors (Lipinski definition) is 4. The van der Waals surface area contributed by atoms with Crippen LogP contribution in [0.5, 0.6) is 0 Å². The highest BCUT2D eigenvalue weighted by molar-refractivity contribution is 7.89. The van der Waals surface area contributed by atoms with Crippen LogP contribution in [0.2, 0.25) is 5.02 Å². The van der Waals surface area contributed by atoms with Crippen molar-refractivity contribution in [2.75, 3.05) is 45.2 Å². The molecule has 1 saturated heterocycles. The predicted octanol–water partition coefficient (Wildman–Crippen LogP) is 1.000. The Morgan fingerprint density at radius 2 is 1.89 bits per heavy atom. The molecule has 0 bridgehead atoms. The fraction of sp³-hybridized carbons (Fsp3) is 0.500. The summed E-state index contributed by atoms with van der Waals surface area (Å²) < 4.78 is 25.2. The van der Waals surface area contributed by atoms with E-state index in [1.165, 1.54) is 24.5 Å². The highest BCUT2D eigenvalue weighted by Crippen LogP contribution is 2.29. The molecule has 1 aliphatic rings. The fourth-order valence-electron chi connectivity index (χ4n) is 2.02. The van der Waals surface area contributed by atoms with Gasteiger partial charge in [0.15, 0.2) is 0 Å². The summed E-state index contributed by atoms with van der Waals surface area (Å²) in [6.07, 6.45) is 0. The molecule has 1 aromatic carbocycles. The van der Waals surface area contributed by atoms with E-state index in [2.05, 4.69) is 10.2 Å². The highest BCUT2D eigenvalue weighted by atomic mass is 35.5. The van der Waals surface area contributed by atoms with Gasteiger partial charge in [-0.1, -0.05) is 11.6 Å². The maximum Gasteiger partial charge on any atom is 0.242 e. The van der Waals surface area contributed by atoms with Gasteiger partial charge in [-0.2, -0.15) is 0 Å². The van der Waals surface area contributed by atoms with Gasteiger partial charge < -0.3 is 10.2 Å². The number of sulfonamides is 1. The standard InChI is InChI=1S/C12H18ClN3O2S/c1-15(2)19(17,18)10-3-4-12(11(13)9-10)16-7-5-14-6-8-16/h3-4,9,14H,5-8H2,1-2H3. The van der Waals surface area contributed by atoms with Crippen LogP contribution in [-0.2, 0) is 10.0 Å². The van der Waals surface area contributed by atoms with Crippen LogP contribution < -0.4 is 10.2 Å². The summed E-state index contributed by atoms with van der Waals surface area (Å²) in [7, 11) is -0.414. The summed E-state index contributed by atoms with van der Waals surface area (Å²) in [5, 5.41) is 3.74. The lowest BCUT2D eigenvalue weighted by Crippen LogP contribution is -2.43. The molecule has 0 radical (unpaired) electrons. The third-order valence-electron chi connectivity index (χ3n) is 3.16. The number of piperazine rings is 1. The molecule has 1 N–H and O–H groups in total. The van der Waals surface area contributed by atoms with Crippen molar-refractivity contribution >= 4 is 27.3 Å². The number of anilines is 1. The normalized spacial score (nSPS) is 16.9. The number of benzene rings is 1. The van der Waals surface area contributed by atoms with Crippen molar-refractivity contribution < 1.29 is 8.42 Å². The quantitative estimate of drug-likeness (QED) is 0.905. The summed E-state index contributed by atoms with van der Waals surface area (Å²) in [6.45, 7) is 3.57. The molecule has 0 unspecified atom stereocenters. The second kappa shape index (κ2) is 5.66. The molecule has 0 atom stereocenters. The molecule has 1 aromatic rings. The number of rotatable bonds is 3. The molecule has 1 heterocycles. The monoisotopic (exact) mass is 303 g/mol. The van der Waals surface area contributed by atoms with Crippen molar-refractivity contribution in [3.05, 3.63) is 23.2 Å². The minimum Gasteiger partial charge on any atom is -0.368 e. The van der Waals surface area contributed by atoms with E-state index in [0.29, 0.717) is 5.02 Å². The van der Waals surface area contributed by atoms with Crippen LogP contribution in [0.4, 0.5) is 5.69 Å². The molecule has 7 heteroatoms. The highest BCUT2D eigenvalue weighted by Gasteiger charge is 2.20. The Morgan fingerprint density at radius 1 is 1.26 bits per heavy atom. The van der Waals surface area contributed by atoms with E-state index in [1.54, 1.807) is 12.1 Å². The molecule has 0 saturated carbocycles. The Balaban J connectivity index is 2.32. The van der Waals surface area contributed by atoms with Crippen LogP contribution in [0.25, 0.3) is 0 Å². The van der Waals surface area contributed by atoms with Gasteiger partial charge in [-0.3, -0.25) is 0 Å². The van der Waals surface area contributed by atoms with Gasteiger partial charge in [-0.25, -0.2) is 12.7 Å². The van der Waals surface area contributed by atoms with E-state index in [9.17, 15) is 8.42 Å². The number of halogens is 1. The van der Waals surface area contributed by atoms with Gasteiger partial charge >= 0.3 is 0 Å². The fourth-order valence-corrected chi connectivity index (χ4v) is 3.31. The summed E-state index contributed by atoms with van der Waals surface area (Å²) >= 11 is 6.23. The van der Waals surface area contributed by atoms with Crippen molar-refractivity contribution in [3.63, 3.8) is 0 Å². The van der Waals surface area contributed by atoms with Gasteiger partial charge in [-0.15, -0.1) is 0 Å². The molecular weight excluding hydrogens is 286 g/mol. The number of hydrogen-bond donors (Lipinski definition) is 1. The minimum absolute atomic E-state index is 0.224. The first-order valence-corrected chi connectivity index (χ1v) is 7.92. The van der Waals surface area contributed by atoms with Crippen LogP contribution in [0, 0.1) is 0 Å². The van der Waals surface area contributed by atoms with Gasteiger partial charge in [0.05, 0.1) is 15.6 Å². The van der Waals surface area contributed by atoms with E-state index in [-0.39, 0.29) is 4.90 Å². The van der Waals surface area contributed by atoms with Gasteiger partial charge in [0.2, 0.25) is 10.0 Å². The molecule has 1 aliphatic heterocycles. The molecule has 2 rings (SSSR count). The van der Waals surface area contributed by atoms with E-state index in [4.69, 9.17) is 11.6 Å². The Hall–Kier alpha value is -0.820. The molecule has 0 spiro atoms. The Labute approximate surface area is 119 Å². The number of nitrogens with zero attached hydrogens (tertiary/aromatic N) is 2.